The first-order valence-corrected chi connectivity index (χ1v) is 18.7. The Hall–Kier alpha value is -7.36. The summed E-state index contributed by atoms with van der Waals surface area (Å²) in [5.74, 6) is 0.870. The second-order valence-corrected chi connectivity index (χ2v) is 14.1. The third-order valence-electron chi connectivity index (χ3n) is 11.0. The van der Waals surface area contributed by atoms with E-state index in [0.29, 0.717) is 0 Å². The minimum Gasteiger partial charge on any atom is -0.294 e. The highest BCUT2D eigenvalue weighted by Crippen LogP contribution is 2.45. The van der Waals surface area contributed by atoms with E-state index in [2.05, 4.69) is 193 Å². The monoisotopic (exact) mass is 699 g/mol. The highest BCUT2D eigenvalue weighted by molar-refractivity contribution is 6.22. The van der Waals surface area contributed by atoms with Crippen molar-refractivity contribution in [3.63, 3.8) is 0 Å². The van der Waals surface area contributed by atoms with Crippen LogP contribution in [0.5, 0.6) is 0 Å². The first-order chi connectivity index (χ1) is 27.3. The second kappa shape index (κ2) is 12.6. The van der Waals surface area contributed by atoms with Crippen LogP contribution >= 0.6 is 0 Å². The van der Waals surface area contributed by atoms with Gasteiger partial charge >= 0.3 is 0 Å². The highest BCUT2D eigenvalue weighted by Gasteiger charge is 2.19. The van der Waals surface area contributed by atoms with Crippen LogP contribution in [0.2, 0.25) is 0 Å². The SMILES string of the molecule is c1ccc(-c2nccc3c2c2ccccc2n3-c2cccc(-c3cccc(-c4c5ccccc5c(-c5ccc6ccccc6c5)c5ccccc45)c3)n2)cc1. The quantitative estimate of drug-likeness (QED) is 0.167. The van der Waals surface area contributed by atoms with E-state index in [4.69, 9.17) is 9.97 Å². The molecular formula is C52H33N3. The van der Waals surface area contributed by atoms with Crippen molar-refractivity contribution >= 4 is 54.1 Å². The molecule has 8 aromatic carbocycles. The Kier molecular flexibility index (Phi) is 7.17. The first kappa shape index (κ1) is 31.2. The molecule has 3 heteroatoms. The largest absolute Gasteiger partial charge is 0.294 e. The van der Waals surface area contributed by atoms with E-state index in [-0.39, 0.29) is 0 Å². The van der Waals surface area contributed by atoms with Gasteiger partial charge in [-0.05, 0) is 91.0 Å². The average Bonchev–Trinajstić information content (AvgIpc) is 3.60. The lowest BCUT2D eigenvalue weighted by Crippen LogP contribution is -1.99. The van der Waals surface area contributed by atoms with Gasteiger partial charge in [0.1, 0.15) is 5.82 Å². The molecule has 0 saturated carbocycles. The minimum atomic E-state index is 0.870. The first-order valence-electron chi connectivity index (χ1n) is 18.7. The molecular weight excluding hydrogens is 667 g/mol. The van der Waals surface area contributed by atoms with Crippen LogP contribution in [-0.2, 0) is 0 Å². The minimum absolute atomic E-state index is 0.870. The third kappa shape index (κ3) is 5.05. The summed E-state index contributed by atoms with van der Waals surface area (Å²) in [6.45, 7) is 0. The van der Waals surface area contributed by atoms with Gasteiger partial charge in [-0.25, -0.2) is 4.98 Å². The number of pyridine rings is 2. The number of para-hydroxylation sites is 1. The van der Waals surface area contributed by atoms with Crippen molar-refractivity contribution in [3.8, 4) is 50.6 Å². The molecule has 256 valence electrons. The maximum absolute atomic E-state index is 5.37. The summed E-state index contributed by atoms with van der Waals surface area (Å²) in [5, 5.41) is 9.73. The molecule has 3 nitrogen and oxygen atoms in total. The predicted molar refractivity (Wildman–Crippen MR) is 231 cm³/mol. The molecule has 55 heavy (non-hydrogen) atoms. The summed E-state index contributed by atoms with van der Waals surface area (Å²) >= 11 is 0. The molecule has 0 N–H and O–H groups in total. The number of rotatable bonds is 5. The van der Waals surface area contributed by atoms with Crippen LogP contribution in [0.15, 0.2) is 200 Å². The fourth-order valence-electron chi connectivity index (χ4n) is 8.61. The van der Waals surface area contributed by atoms with Crippen molar-refractivity contribution < 1.29 is 0 Å². The van der Waals surface area contributed by atoms with Crippen molar-refractivity contribution in [1.82, 2.24) is 14.5 Å². The number of aromatic nitrogens is 3. The molecule has 3 heterocycles. The Morgan fingerprint density at radius 3 is 1.69 bits per heavy atom. The van der Waals surface area contributed by atoms with E-state index in [9.17, 15) is 0 Å². The maximum Gasteiger partial charge on any atom is 0.138 e. The molecule has 0 atom stereocenters. The molecule has 0 radical (unpaired) electrons. The summed E-state index contributed by atoms with van der Waals surface area (Å²) in [6.07, 6.45) is 1.91. The van der Waals surface area contributed by atoms with E-state index in [1.807, 2.05) is 12.3 Å². The van der Waals surface area contributed by atoms with Crippen LogP contribution in [-0.4, -0.2) is 14.5 Å². The highest BCUT2D eigenvalue weighted by atomic mass is 15.1. The molecule has 11 aromatic rings. The Balaban J connectivity index is 1.08. The number of fused-ring (bicyclic) bond motifs is 6. The van der Waals surface area contributed by atoms with Crippen LogP contribution in [0.1, 0.15) is 0 Å². The van der Waals surface area contributed by atoms with Crippen molar-refractivity contribution in [1.29, 1.82) is 0 Å². The molecule has 0 amide bonds. The molecule has 0 aliphatic rings. The van der Waals surface area contributed by atoms with Gasteiger partial charge in [0.05, 0.1) is 22.4 Å². The average molecular weight is 700 g/mol. The van der Waals surface area contributed by atoms with Crippen molar-refractivity contribution in [2.75, 3.05) is 0 Å². The van der Waals surface area contributed by atoms with Gasteiger partial charge < -0.3 is 0 Å². The van der Waals surface area contributed by atoms with Gasteiger partial charge in [0, 0.05) is 28.1 Å². The van der Waals surface area contributed by atoms with Crippen molar-refractivity contribution in [3.05, 3.63) is 200 Å². The van der Waals surface area contributed by atoms with Gasteiger partial charge in [0.2, 0.25) is 0 Å². The lowest BCUT2D eigenvalue weighted by molar-refractivity contribution is 1.08. The summed E-state index contributed by atoms with van der Waals surface area (Å²) in [6, 6.07) is 69.5. The van der Waals surface area contributed by atoms with Gasteiger partial charge in [-0.2, -0.15) is 0 Å². The van der Waals surface area contributed by atoms with Gasteiger partial charge in [-0.1, -0.05) is 158 Å². The van der Waals surface area contributed by atoms with Crippen LogP contribution in [0, 0.1) is 0 Å². The zero-order valence-electron chi connectivity index (χ0n) is 29.9. The molecule has 0 unspecified atom stereocenters. The van der Waals surface area contributed by atoms with Crippen molar-refractivity contribution in [2.45, 2.75) is 0 Å². The molecule has 0 bridgehead atoms. The van der Waals surface area contributed by atoms with E-state index in [1.54, 1.807) is 0 Å². The van der Waals surface area contributed by atoms with Crippen molar-refractivity contribution in [2.24, 2.45) is 0 Å². The Morgan fingerprint density at radius 2 is 0.945 bits per heavy atom. The molecule has 0 spiro atoms. The van der Waals surface area contributed by atoms with E-state index in [1.165, 1.54) is 49.0 Å². The number of hydrogen-bond donors (Lipinski definition) is 0. The Bertz CT molecular complexity index is 3210. The van der Waals surface area contributed by atoms with Crippen LogP contribution in [0.25, 0.3) is 105 Å². The predicted octanol–water partition coefficient (Wildman–Crippen LogP) is 13.7. The molecule has 0 aliphatic heterocycles. The molecule has 0 saturated heterocycles. The lowest BCUT2D eigenvalue weighted by atomic mass is 9.85. The van der Waals surface area contributed by atoms with E-state index in [0.717, 1.165) is 55.7 Å². The van der Waals surface area contributed by atoms with Crippen LogP contribution < -0.4 is 0 Å². The fraction of sp³-hybridized carbons (Fsp3) is 0. The lowest BCUT2D eigenvalue weighted by Gasteiger charge is -2.18. The normalized spacial score (nSPS) is 11.6. The van der Waals surface area contributed by atoms with Crippen LogP contribution in [0.3, 0.4) is 0 Å². The fourth-order valence-corrected chi connectivity index (χ4v) is 8.61. The molecule has 3 aromatic heterocycles. The standard InChI is InChI=1S/C52H33N3/c1-2-15-35(16-3-1)52-51-44-24-10-11-26-46(44)55(47(51)30-31-53-52)48-27-13-25-45(54-48)37-18-12-19-38(33-37)49-40-20-6-8-22-42(40)50(43-23-9-7-21-41(43)49)39-29-28-34-14-4-5-17-36(34)32-39/h1-33H. The Labute approximate surface area is 318 Å². The summed E-state index contributed by atoms with van der Waals surface area (Å²) in [4.78, 5) is 10.3. The van der Waals surface area contributed by atoms with Gasteiger partial charge in [-0.15, -0.1) is 0 Å². The number of hydrogen-bond acceptors (Lipinski definition) is 2. The van der Waals surface area contributed by atoms with Crippen LogP contribution in [0.4, 0.5) is 0 Å². The van der Waals surface area contributed by atoms with Gasteiger partial charge in [0.15, 0.2) is 0 Å². The maximum atomic E-state index is 5.37. The summed E-state index contributed by atoms with van der Waals surface area (Å²) in [7, 11) is 0. The smallest absolute Gasteiger partial charge is 0.138 e. The van der Waals surface area contributed by atoms with Gasteiger partial charge in [0.25, 0.3) is 0 Å². The molecule has 11 rings (SSSR count). The van der Waals surface area contributed by atoms with Gasteiger partial charge in [-0.3, -0.25) is 9.55 Å². The zero-order chi connectivity index (χ0) is 36.3. The van der Waals surface area contributed by atoms with E-state index < -0.39 is 0 Å². The molecule has 0 fully saturated rings. The third-order valence-corrected chi connectivity index (χ3v) is 11.0. The summed E-state index contributed by atoms with van der Waals surface area (Å²) in [5.41, 5.74) is 11.1. The topological polar surface area (TPSA) is 30.7 Å². The molecule has 0 aliphatic carbocycles. The second-order valence-electron chi connectivity index (χ2n) is 14.1. The Morgan fingerprint density at radius 1 is 0.364 bits per heavy atom. The number of nitrogens with zero attached hydrogens (tertiary/aromatic N) is 3. The zero-order valence-corrected chi connectivity index (χ0v) is 29.9. The number of benzene rings is 8. The summed E-state index contributed by atoms with van der Waals surface area (Å²) < 4.78 is 2.28. The van der Waals surface area contributed by atoms with E-state index >= 15 is 0 Å².